The summed E-state index contributed by atoms with van der Waals surface area (Å²) in [6.07, 6.45) is 1.88. The second-order valence-corrected chi connectivity index (χ2v) is 8.59. The topological polar surface area (TPSA) is 39.9 Å². The first-order valence-electron chi connectivity index (χ1n) is 5.83. The Morgan fingerprint density at radius 3 is 2.83 bits per heavy atom. The molecule has 2 aromatic heterocycles. The van der Waals surface area contributed by atoms with Crippen molar-refractivity contribution in [3.8, 4) is 0 Å². The van der Waals surface area contributed by atoms with Gasteiger partial charge in [0.25, 0.3) is 0 Å². The molecule has 0 aromatic carbocycles. The lowest BCUT2D eigenvalue weighted by Gasteiger charge is -2.07. The lowest BCUT2D eigenvalue weighted by molar-refractivity contribution is 0.0902. The Kier molecular flexibility index (Phi) is 4.61. The van der Waals surface area contributed by atoms with Crippen LogP contribution < -0.4 is 0 Å². The van der Waals surface area contributed by atoms with Crippen molar-refractivity contribution in [2.75, 3.05) is 6.61 Å². The smallest absolute Gasteiger partial charge is 0.225 e. The van der Waals surface area contributed by atoms with Crippen LogP contribution in [0.25, 0.3) is 11.0 Å². The zero-order valence-electron chi connectivity index (χ0n) is 10.4. The van der Waals surface area contributed by atoms with Crippen molar-refractivity contribution in [1.82, 2.24) is 14.5 Å². The Hall–Kier alpha value is -0.623. The lowest BCUT2D eigenvalue weighted by Crippen LogP contribution is -2.08. The Bertz CT molecular complexity index is 544. The summed E-state index contributed by atoms with van der Waals surface area (Å²) in [5.74, 6) is 0. The molecule has 0 bridgehead atoms. The monoisotopic (exact) mass is 303 g/mol. The molecule has 2 rings (SSSR count). The van der Waals surface area contributed by atoms with Gasteiger partial charge in [0, 0.05) is 21.6 Å². The van der Waals surface area contributed by atoms with E-state index in [-0.39, 0.29) is 5.28 Å². The maximum atomic E-state index is 5.99. The molecule has 0 unspecified atom stereocenters. The van der Waals surface area contributed by atoms with Gasteiger partial charge in [-0.15, -0.1) is 0 Å². The van der Waals surface area contributed by atoms with Crippen molar-refractivity contribution in [3.05, 3.63) is 22.7 Å². The van der Waals surface area contributed by atoms with Crippen LogP contribution in [0.15, 0.2) is 12.3 Å². The number of ether oxygens (including phenoxy) is 1. The van der Waals surface area contributed by atoms with Crippen LogP contribution in [0.2, 0.25) is 29.6 Å². The fraction of sp³-hybridized carbons (Fsp3) is 0.455. The number of rotatable bonds is 5. The molecule has 0 saturated carbocycles. The van der Waals surface area contributed by atoms with E-state index in [1.807, 2.05) is 16.8 Å². The first-order chi connectivity index (χ1) is 8.58. The molecule has 98 valence electrons. The summed E-state index contributed by atoms with van der Waals surface area (Å²) < 4.78 is 7.51. The SMILES string of the molecule is C[SiH](C)CCOCn1ccc2c(Cl)nc(Cl)nc21. The molecule has 0 radical (unpaired) electrons. The van der Waals surface area contributed by atoms with E-state index in [2.05, 4.69) is 23.1 Å². The third kappa shape index (κ3) is 3.23. The van der Waals surface area contributed by atoms with E-state index in [0.29, 0.717) is 17.5 Å². The highest BCUT2D eigenvalue weighted by molar-refractivity contribution is 6.55. The van der Waals surface area contributed by atoms with Gasteiger partial charge < -0.3 is 9.30 Å². The van der Waals surface area contributed by atoms with Crippen molar-refractivity contribution < 1.29 is 4.74 Å². The van der Waals surface area contributed by atoms with Crippen LogP contribution in [-0.2, 0) is 11.5 Å². The summed E-state index contributed by atoms with van der Waals surface area (Å²) >= 11 is 11.8. The van der Waals surface area contributed by atoms with Crippen molar-refractivity contribution in [1.29, 1.82) is 0 Å². The molecule has 0 spiro atoms. The molecule has 18 heavy (non-hydrogen) atoms. The summed E-state index contributed by atoms with van der Waals surface area (Å²) in [5.41, 5.74) is 0.710. The van der Waals surface area contributed by atoms with Gasteiger partial charge in [0.15, 0.2) is 0 Å². The molecule has 2 heterocycles. The van der Waals surface area contributed by atoms with Gasteiger partial charge in [-0.2, -0.15) is 4.98 Å². The van der Waals surface area contributed by atoms with Crippen molar-refractivity contribution in [3.63, 3.8) is 0 Å². The van der Waals surface area contributed by atoms with E-state index < -0.39 is 8.80 Å². The number of nitrogens with zero attached hydrogens (tertiary/aromatic N) is 3. The zero-order chi connectivity index (χ0) is 13.1. The van der Waals surface area contributed by atoms with Gasteiger partial charge in [0.1, 0.15) is 17.5 Å². The van der Waals surface area contributed by atoms with Crippen LogP contribution >= 0.6 is 23.2 Å². The molecule has 4 nitrogen and oxygen atoms in total. The maximum absolute atomic E-state index is 5.99. The first-order valence-corrected chi connectivity index (χ1v) is 9.71. The van der Waals surface area contributed by atoms with Gasteiger partial charge in [-0.25, -0.2) is 4.98 Å². The molecule has 0 aliphatic carbocycles. The van der Waals surface area contributed by atoms with Gasteiger partial charge in [0.05, 0.1) is 5.39 Å². The molecule has 0 N–H and O–H groups in total. The van der Waals surface area contributed by atoms with Crippen molar-refractivity contribution in [2.45, 2.75) is 25.9 Å². The summed E-state index contributed by atoms with van der Waals surface area (Å²) in [4.78, 5) is 8.08. The van der Waals surface area contributed by atoms with Gasteiger partial charge in [-0.1, -0.05) is 24.7 Å². The average molecular weight is 304 g/mol. The van der Waals surface area contributed by atoms with E-state index in [1.165, 1.54) is 6.04 Å². The summed E-state index contributed by atoms with van der Waals surface area (Å²) in [5, 5.41) is 1.32. The number of aromatic nitrogens is 3. The van der Waals surface area contributed by atoms with Crippen LogP contribution in [0.1, 0.15) is 0 Å². The third-order valence-electron chi connectivity index (χ3n) is 2.61. The van der Waals surface area contributed by atoms with Crippen molar-refractivity contribution >= 4 is 43.0 Å². The molecule has 0 atom stereocenters. The number of halogens is 2. The minimum atomic E-state index is -0.549. The highest BCUT2D eigenvalue weighted by atomic mass is 35.5. The van der Waals surface area contributed by atoms with Crippen LogP contribution in [0.4, 0.5) is 0 Å². The van der Waals surface area contributed by atoms with Gasteiger partial charge in [0.2, 0.25) is 5.28 Å². The highest BCUT2D eigenvalue weighted by Crippen LogP contribution is 2.22. The van der Waals surface area contributed by atoms with E-state index in [0.717, 1.165) is 12.0 Å². The molecule has 0 aliphatic rings. The molecule has 2 aromatic rings. The van der Waals surface area contributed by atoms with E-state index in [4.69, 9.17) is 27.9 Å². The maximum Gasteiger partial charge on any atom is 0.225 e. The zero-order valence-corrected chi connectivity index (χ0v) is 13.0. The van der Waals surface area contributed by atoms with Gasteiger partial charge >= 0.3 is 0 Å². The fourth-order valence-corrected chi connectivity index (χ4v) is 2.66. The van der Waals surface area contributed by atoms with Gasteiger partial charge in [-0.3, -0.25) is 0 Å². The minimum absolute atomic E-state index is 0.155. The van der Waals surface area contributed by atoms with E-state index in [1.54, 1.807) is 0 Å². The van der Waals surface area contributed by atoms with E-state index in [9.17, 15) is 0 Å². The largest absolute Gasteiger partial charge is 0.361 e. The average Bonchev–Trinajstić information content (AvgIpc) is 2.67. The standard InChI is InChI=1S/C11H15Cl2N3OSi/c1-18(2)6-5-17-7-16-4-3-8-9(12)14-11(13)15-10(8)16/h3-4,18H,5-7H2,1-2H3. The molecular formula is C11H15Cl2N3OSi. The Morgan fingerprint density at radius 2 is 2.11 bits per heavy atom. The molecule has 0 fully saturated rings. The fourth-order valence-electron chi connectivity index (χ4n) is 1.59. The second-order valence-electron chi connectivity index (χ2n) is 4.53. The summed E-state index contributed by atoms with van der Waals surface area (Å²) in [6, 6.07) is 3.05. The number of fused-ring (bicyclic) bond motifs is 1. The molecule has 0 saturated heterocycles. The summed E-state index contributed by atoms with van der Waals surface area (Å²) in [6.45, 7) is 5.87. The molecular weight excluding hydrogens is 289 g/mol. The van der Waals surface area contributed by atoms with Gasteiger partial charge in [-0.05, 0) is 23.7 Å². The first kappa shape index (κ1) is 13.8. The third-order valence-corrected chi connectivity index (χ3v) is 4.46. The minimum Gasteiger partial charge on any atom is -0.361 e. The number of hydrogen-bond acceptors (Lipinski definition) is 3. The van der Waals surface area contributed by atoms with Crippen molar-refractivity contribution in [2.24, 2.45) is 0 Å². The second kappa shape index (κ2) is 6.01. The lowest BCUT2D eigenvalue weighted by atomic mass is 10.4. The van der Waals surface area contributed by atoms with Crippen LogP contribution in [0, 0.1) is 0 Å². The Morgan fingerprint density at radius 1 is 1.33 bits per heavy atom. The normalized spacial score (nSPS) is 11.6. The Labute approximate surface area is 117 Å². The van der Waals surface area contributed by atoms with Crippen LogP contribution in [-0.4, -0.2) is 29.9 Å². The quantitative estimate of drug-likeness (QED) is 0.368. The highest BCUT2D eigenvalue weighted by Gasteiger charge is 2.09. The Balaban J connectivity index is 2.09. The molecule has 0 amide bonds. The van der Waals surface area contributed by atoms with Crippen LogP contribution in [0.5, 0.6) is 0 Å². The predicted octanol–water partition coefficient (Wildman–Crippen LogP) is 3.20. The van der Waals surface area contributed by atoms with Crippen LogP contribution in [0.3, 0.4) is 0 Å². The van der Waals surface area contributed by atoms with E-state index >= 15 is 0 Å². The summed E-state index contributed by atoms with van der Waals surface area (Å²) in [7, 11) is -0.549. The predicted molar refractivity (Wildman–Crippen MR) is 77.2 cm³/mol. The molecule has 0 aliphatic heterocycles. The number of hydrogen-bond donors (Lipinski definition) is 0. The molecule has 7 heteroatoms.